The maximum atomic E-state index is 11.8. The molecule has 2 unspecified atom stereocenters. The zero-order chi connectivity index (χ0) is 19.4. The van der Waals surface area contributed by atoms with Crippen molar-refractivity contribution in [2.75, 3.05) is 20.3 Å². The first-order valence-electron chi connectivity index (χ1n) is 9.55. The molecule has 1 heterocycles. The van der Waals surface area contributed by atoms with Crippen LogP contribution in [0.15, 0.2) is 84.9 Å². The number of aliphatic hydroxyl groups is 1. The molecule has 0 amide bonds. The van der Waals surface area contributed by atoms with Crippen LogP contribution in [0.3, 0.4) is 0 Å². The van der Waals surface area contributed by atoms with Gasteiger partial charge in [-0.2, -0.15) is 0 Å². The van der Waals surface area contributed by atoms with Gasteiger partial charge in [-0.25, -0.2) is 0 Å². The lowest BCUT2D eigenvalue weighted by Gasteiger charge is -2.47. The Labute approximate surface area is 166 Å². The van der Waals surface area contributed by atoms with E-state index in [-0.39, 0.29) is 0 Å². The van der Waals surface area contributed by atoms with Crippen LogP contribution in [0, 0.1) is 0 Å². The van der Waals surface area contributed by atoms with Gasteiger partial charge >= 0.3 is 0 Å². The smallest absolute Gasteiger partial charge is 0.213 e. The molecule has 0 aliphatic carbocycles. The summed E-state index contributed by atoms with van der Waals surface area (Å²) >= 11 is 0. The summed E-state index contributed by atoms with van der Waals surface area (Å²) in [6.45, 7) is 1.87. The summed E-state index contributed by atoms with van der Waals surface area (Å²) < 4.78 is 11.7. The van der Waals surface area contributed by atoms with Crippen LogP contribution in [0.1, 0.15) is 22.7 Å². The molecule has 1 fully saturated rings. The molecule has 4 nitrogen and oxygen atoms in total. The van der Waals surface area contributed by atoms with E-state index in [4.69, 9.17) is 9.47 Å². The van der Waals surface area contributed by atoms with Gasteiger partial charge in [0, 0.05) is 24.2 Å². The van der Waals surface area contributed by atoms with Gasteiger partial charge < -0.3 is 14.6 Å². The second-order valence-electron chi connectivity index (χ2n) is 7.01. The van der Waals surface area contributed by atoms with Crippen LogP contribution in [0.25, 0.3) is 0 Å². The van der Waals surface area contributed by atoms with Crippen LogP contribution in [-0.4, -0.2) is 30.3 Å². The molecule has 1 aliphatic rings. The van der Waals surface area contributed by atoms with Crippen molar-refractivity contribution in [1.82, 2.24) is 4.90 Å². The van der Waals surface area contributed by atoms with Crippen LogP contribution in [0.4, 0.5) is 0 Å². The molecule has 1 saturated heterocycles. The van der Waals surface area contributed by atoms with Crippen molar-refractivity contribution in [3.8, 4) is 5.75 Å². The van der Waals surface area contributed by atoms with Crippen molar-refractivity contribution in [3.63, 3.8) is 0 Å². The number of hydrogen-bond acceptors (Lipinski definition) is 4. The second-order valence-corrected chi connectivity index (χ2v) is 7.01. The molecule has 0 bridgehead atoms. The van der Waals surface area contributed by atoms with Crippen molar-refractivity contribution in [1.29, 1.82) is 0 Å². The molecule has 0 aromatic heterocycles. The number of morpholine rings is 1. The molecule has 4 heteroatoms. The molecule has 144 valence electrons. The molecule has 3 aromatic rings. The average Bonchev–Trinajstić information content (AvgIpc) is 2.75. The minimum absolute atomic E-state index is 0.403. The first-order chi connectivity index (χ1) is 13.7. The number of nitrogens with zero attached hydrogens (tertiary/aromatic N) is 1. The minimum atomic E-state index is -1.47. The van der Waals surface area contributed by atoms with Crippen LogP contribution in [0.5, 0.6) is 5.75 Å². The van der Waals surface area contributed by atoms with Gasteiger partial charge in [0.2, 0.25) is 5.79 Å². The van der Waals surface area contributed by atoms with Gasteiger partial charge in [-0.05, 0) is 11.6 Å². The highest BCUT2D eigenvalue weighted by Gasteiger charge is 2.48. The molecule has 0 saturated carbocycles. The average molecular weight is 375 g/mol. The van der Waals surface area contributed by atoms with E-state index >= 15 is 0 Å². The molecule has 1 N–H and O–H groups in total. The molecular formula is C24H25NO3. The fourth-order valence-electron chi connectivity index (χ4n) is 3.98. The summed E-state index contributed by atoms with van der Waals surface area (Å²) in [5.41, 5.74) is 2.84. The number of hydrogen-bond donors (Lipinski definition) is 1. The third-order valence-electron chi connectivity index (χ3n) is 5.29. The quantitative estimate of drug-likeness (QED) is 0.729. The van der Waals surface area contributed by atoms with Gasteiger partial charge in [0.15, 0.2) is 0 Å². The van der Waals surface area contributed by atoms with E-state index in [0.29, 0.717) is 19.7 Å². The summed E-state index contributed by atoms with van der Waals surface area (Å²) in [5.74, 6) is -0.728. The molecule has 3 aromatic carbocycles. The van der Waals surface area contributed by atoms with E-state index in [2.05, 4.69) is 17.0 Å². The van der Waals surface area contributed by atoms with E-state index in [0.717, 1.165) is 16.9 Å². The summed E-state index contributed by atoms with van der Waals surface area (Å²) in [5, 5.41) is 11.8. The zero-order valence-corrected chi connectivity index (χ0v) is 16.0. The second kappa shape index (κ2) is 8.15. The lowest BCUT2D eigenvalue weighted by molar-refractivity contribution is -0.283. The maximum absolute atomic E-state index is 11.8. The number of ether oxygens (including phenoxy) is 2. The SMILES string of the molecule is COc1ccccc1C1N(Cc2ccccc2)CCOC1(O)c1ccccc1. The van der Waals surface area contributed by atoms with Gasteiger partial charge in [-0.1, -0.05) is 78.9 Å². The lowest BCUT2D eigenvalue weighted by atomic mass is 9.88. The largest absolute Gasteiger partial charge is 0.496 e. The Kier molecular flexibility index (Phi) is 5.44. The zero-order valence-electron chi connectivity index (χ0n) is 16.0. The molecule has 28 heavy (non-hydrogen) atoms. The van der Waals surface area contributed by atoms with E-state index in [1.807, 2.05) is 72.8 Å². The molecule has 0 radical (unpaired) electrons. The lowest BCUT2D eigenvalue weighted by Crippen LogP contribution is -2.52. The molecule has 1 aliphatic heterocycles. The Morgan fingerprint density at radius 3 is 2.32 bits per heavy atom. The fourth-order valence-corrected chi connectivity index (χ4v) is 3.98. The molecule has 2 atom stereocenters. The Bertz CT molecular complexity index is 900. The van der Waals surface area contributed by atoms with Crippen molar-refractivity contribution < 1.29 is 14.6 Å². The van der Waals surface area contributed by atoms with Crippen molar-refractivity contribution >= 4 is 0 Å². The van der Waals surface area contributed by atoms with E-state index < -0.39 is 11.8 Å². The molecule has 0 spiro atoms. The summed E-state index contributed by atoms with van der Waals surface area (Å²) in [6.07, 6.45) is 0. The maximum Gasteiger partial charge on any atom is 0.213 e. The van der Waals surface area contributed by atoms with Crippen LogP contribution in [-0.2, 0) is 17.1 Å². The first kappa shape index (κ1) is 18.7. The van der Waals surface area contributed by atoms with Crippen molar-refractivity contribution in [2.45, 2.75) is 18.4 Å². The monoisotopic (exact) mass is 375 g/mol. The van der Waals surface area contributed by atoms with E-state index in [9.17, 15) is 5.11 Å². The molecular weight excluding hydrogens is 350 g/mol. The Morgan fingerprint density at radius 1 is 0.964 bits per heavy atom. The van der Waals surface area contributed by atoms with Gasteiger partial charge in [0.1, 0.15) is 5.75 Å². The van der Waals surface area contributed by atoms with Crippen LogP contribution < -0.4 is 4.74 Å². The number of benzene rings is 3. The third kappa shape index (κ3) is 3.54. The molecule has 4 rings (SSSR count). The predicted octanol–water partition coefficient (Wildman–Crippen LogP) is 4.11. The van der Waals surface area contributed by atoms with Gasteiger partial charge in [0.25, 0.3) is 0 Å². The Balaban J connectivity index is 1.81. The summed E-state index contributed by atoms with van der Waals surface area (Å²) in [4.78, 5) is 2.27. The standard InChI is InChI=1S/C24H25NO3/c1-27-22-15-9-8-14-21(22)23-24(26,20-12-6-3-7-13-20)28-17-16-25(23)18-19-10-4-2-5-11-19/h2-15,23,26H,16-18H2,1H3. The highest BCUT2D eigenvalue weighted by Crippen LogP contribution is 2.46. The highest BCUT2D eigenvalue weighted by atomic mass is 16.6. The predicted molar refractivity (Wildman–Crippen MR) is 109 cm³/mol. The Morgan fingerprint density at radius 2 is 1.61 bits per heavy atom. The van der Waals surface area contributed by atoms with E-state index in [1.165, 1.54) is 5.56 Å². The van der Waals surface area contributed by atoms with Gasteiger partial charge in [0.05, 0.1) is 19.8 Å². The number of methoxy groups -OCH3 is 1. The Hall–Kier alpha value is -2.66. The summed E-state index contributed by atoms with van der Waals surface area (Å²) in [7, 11) is 1.66. The van der Waals surface area contributed by atoms with Crippen LogP contribution in [0.2, 0.25) is 0 Å². The summed E-state index contributed by atoms with van der Waals surface area (Å²) in [6, 6.07) is 27.4. The number of para-hydroxylation sites is 1. The minimum Gasteiger partial charge on any atom is -0.496 e. The van der Waals surface area contributed by atoms with Gasteiger partial charge in [-0.15, -0.1) is 0 Å². The third-order valence-corrected chi connectivity index (χ3v) is 5.29. The van der Waals surface area contributed by atoms with Crippen LogP contribution >= 0.6 is 0 Å². The van der Waals surface area contributed by atoms with Crippen molar-refractivity contribution in [3.05, 3.63) is 102 Å². The highest BCUT2D eigenvalue weighted by molar-refractivity contribution is 5.39. The number of rotatable bonds is 5. The van der Waals surface area contributed by atoms with E-state index in [1.54, 1.807) is 7.11 Å². The first-order valence-corrected chi connectivity index (χ1v) is 9.55. The topological polar surface area (TPSA) is 41.9 Å². The normalized spacial score (nSPS) is 22.7. The fraction of sp³-hybridized carbons (Fsp3) is 0.250. The van der Waals surface area contributed by atoms with Crippen molar-refractivity contribution in [2.24, 2.45) is 0 Å². The van der Waals surface area contributed by atoms with Gasteiger partial charge in [-0.3, -0.25) is 4.90 Å².